The molecular formula is C13H12ClN3O3S. The molecule has 0 aliphatic carbocycles. The molecule has 0 fully saturated rings. The van der Waals surface area contributed by atoms with Gasteiger partial charge in [0.05, 0.1) is 4.90 Å². The van der Waals surface area contributed by atoms with Crippen molar-refractivity contribution in [1.82, 2.24) is 0 Å². The molecular weight excluding hydrogens is 314 g/mol. The first-order valence-corrected chi connectivity index (χ1v) is 7.26. The topological polar surface area (TPSA) is 93.4 Å². The summed E-state index contributed by atoms with van der Waals surface area (Å²) >= 11 is 4.06. The van der Waals surface area contributed by atoms with Gasteiger partial charge in [-0.2, -0.15) is 10.2 Å². The molecule has 4 N–H and O–H groups in total. The van der Waals surface area contributed by atoms with Crippen molar-refractivity contribution in [2.24, 2.45) is 5.90 Å². The van der Waals surface area contributed by atoms with Crippen LogP contribution in [0.4, 0.5) is 16.2 Å². The molecule has 8 heteroatoms. The summed E-state index contributed by atoms with van der Waals surface area (Å²) in [7, 11) is 0. The molecule has 0 aliphatic heterocycles. The first-order chi connectivity index (χ1) is 10.1. The minimum Gasteiger partial charge on any atom is -0.308 e. The fourth-order valence-electron chi connectivity index (χ4n) is 1.59. The zero-order valence-electron chi connectivity index (χ0n) is 10.7. The number of urea groups is 1. The van der Waals surface area contributed by atoms with E-state index < -0.39 is 17.1 Å². The second-order valence-corrected chi connectivity index (χ2v) is 5.52. The molecule has 0 saturated carbocycles. The second-order valence-electron chi connectivity index (χ2n) is 3.95. The van der Waals surface area contributed by atoms with Gasteiger partial charge in [0, 0.05) is 16.4 Å². The average molecular weight is 326 g/mol. The van der Waals surface area contributed by atoms with Crippen molar-refractivity contribution in [2.45, 2.75) is 4.90 Å². The van der Waals surface area contributed by atoms with Crippen molar-refractivity contribution in [1.29, 1.82) is 0 Å². The smallest absolute Gasteiger partial charge is 0.308 e. The van der Waals surface area contributed by atoms with Crippen LogP contribution >= 0.6 is 11.6 Å². The molecule has 0 aliphatic rings. The first kappa shape index (κ1) is 15.5. The quantitative estimate of drug-likeness (QED) is 0.753. The van der Waals surface area contributed by atoms with E-state index in [0.29, 0.717) is 21.3 Å². The highest BCUT2D eigenvalue weighted by molar-refractivity contribution is 7.80. The highest BCUT2D eigenvalue weighted by Gasteiger charge is 2.07. The molecule has 2 aromatic rings. The monoisotopic (exact) mass is 325 g/mol. The number of halogens is 1. The van der Waals surface area contributed by atoms with Gasteiger partial charge in [-0.05, 0) is 36.4 Å². The molecule has 0 spiro atoms. The van der Waals surface area contributed by atoms with Crippen LogP contribution in [0.3, 0.4) is 0 Å². The maximum atomic E-state index is 11.8. The summed E-state index contributed by atoms with van der Waals surface area (Å²) in [6.07, 6.45) is 0. The van der Waals surface area contributed by atoms with Gasteiger partial charge in [0.2, 0.25) is 11.1 Å². The van der Waals surface area contributed by atoms with Gasteiger partial charge in [0.1, 0.15) is 0 Å². The molecule has 0 saturated heterocycles. The van der Waals surface area contributed by atoms with E-state index in [1.807, 2.05) is 0 Å². The number of hydrogen-bond donors (Lipinski definition) is 3. The first-order valence-electron chi connectivity index (χ1n) is 5.81. The SMILES string of the molecule is NOS(=O)c1cccc(NC(=O)Nc2cccc(Cl)c2)c1. The Morgan fingerprint density at radius 1 is 1.10 bits per heavy atom. The van der Waals surface area contributed by atoms with E-state index in [0.717, 1.165) is 0 Å². The van der Waals surface area contributed by atoms with Crippen molar-refractivity contribution >= 4 is 40.1 Å². The van der Waals surface area contributed by atoms with E-state index in [4.69, 9.17) is 17.5 Å². The minimum atomic E-state index is -1.77. The Kier molecular flexibility index (Phi) is 5.29. The van der Waals surface area contributed by atoms with Crippen LogP contribution < -0.4 is 16.5 Å². The zero-order valence-corrected chi connectivity index (χ0v) is 12.3. The summed E-state index contributed by atoms with van der Waals surface area (Å²) in [6, 6.07) is 12.7. The Morgan fingerprint density at radius 2 is 1.71 bits per heavy atom. The van der Waals surface area contributed by atoms with Crippen molar-refractivity contribution in [3.8, 4) is 0 Å². The molecule has 1 unspecified atom stereocenters. The molecule has 21 heavy (non-hydrogen) atoms. The summed E-state index contributed by atoms with van der Waals surface area (Å²) in [6.45, 7) is 0. The lowest BCUT2D eigenvalue weighted by atomic mass is 10.3. The number of benzene rings is 2. The molecule has 1 atom stereocenters. The van der Waals surface area contributed by atoms with Crippen LogP contribution in [0.5, 0.6) is 0 Å². The Bertz CT molecular complexity index is 681. The third-order valence-electron chi connectivity index (χ3n) is 2.45. The number of amides is 2. The Hall–Kier alpha value is -1.93. The van der Waals surface area contributed by atoms with Crippen LogP contribution in [-0.2, 0) is 15.4 Å². The summed E-state index contributed by atoms with van der Waals surface area (Å²) in [5.74, 6) is 4.86. The highest BCUT2D eigenvalue weighted by Crippen LogP contribution is 2.17. The Balaban J connectivity index is 2.04. The third kappa shape index (κ3) is 4.54. The number of anilines is 2. The molecule has 6 nitrogen and oxygen atoms in total. The maximum absolute atomic E-state index is 11.8. The van der Waals surface area contributed by atoms with Gasteiger partial charge in [-0.1, -0.05) is 23.7 Å². The van der Waals surface area contributed by atoms with Crippen LogP contribution in [-0.4, -0.2) is 10.2 Å². The minimum absolute atomic E-state index is 0.345. The third-order valence-corrected chi connectivity index (χ3v) is 3.50. The van der Waals surface area contributed by atoms with Gasteiger partial charge >= 0.3 is 6.03 Å². The molecule has 110 valence electrons. The van der Waals surface area contributed by atoms with Gasteiger partial charge in [-0.3, -0.25) is 0 Å². The largest absolute Gasteiger partial charge is 0.323 e. The molecule has 2 rings (SSSR count). The fourth-order valence-corrected chi connectivity index (χ4v) is 2.31. The lowest BCUT2D eigenvalue weighted by Crippen LogP contribution is -2.19. The predicted octanol–water partition coefficient (Wildman–Crippen LogP) is 2.90. The van der Waals surface area contributed by atoms with Gasteiger partial charge < -0.3 is 10.6 Å². The van der Waals surface area contributed by atoms with Crippen molar-refractivity contribution in [3.63, 3.8) is 0 Å². The summed E-state index contributed by atoms with van der Waals surface area (Å²) < 4.78 is 15.6. The normalized spacial score (nSPS) is 11.7. The molecule has 0 bridgehead atoms. The van der Waals surface area contributed by atoms with Crippen molar-refractivity contribution in [3.05, 3.63) is 53.6 Å². The van der Waals surface area contributed by atoms with E-state index in [1.165, 1.54) is 6.07 Å². The number of rotatable bonds is 4. The van der Waals surface area contributed by atoms with Gasteiger partial charge in [0.25, 0.3) is 0 Å². The zero-order chi connectivity index (χ0) is 15.2. The summed E-state index contributed by atoms with van der Waals surface area (Å²) in [4.78, 5) is 12.2. The van der Waals surface area contributed by atoms with E-state index in [2.05, 4.69) is 14.9 Å². The average Bonchev–Trinajstić information content (AvgIpc) is 2.46. The van der Waals surface area contributed by atoms with Crippen LogP contribution in [0.25, 0.3) is 0 Å². The lowest BCUT2D eigenvalue weighted by Gasteiger charge is -2.08. The van der Waals surface area contributed by atoms with Gasteiger partial charge in [0.15, 0.2) is 0 Å². The number of hydrogen-bond acceptors (Lipinski definition) is 4. The number of nitrogens with one attached hydrogen (secondary N) is 2. The highest BCUT2D eigenvalue weighted by atomic mass is 35.5. The summed E-state index contributed by atoms with van der Waals surface area (Å²) in [5.41, 5.74) is 1.02. The van der Waals surface area contributed by atoms with Gasteiger partial charge in [-0.15, -0.1) is 0 Å². The maximum Gasteiger partial charge on any atom is 0.323 e. The van der Waals surface area contributed by atoms with Crippen LogP contribution in [0.2, 0.25) is 5.02 Å². The molecule has 0 aromatic heterocycles. The van der Waals surface area contributed by atoms with E-state index >= 15 is 0 Å². The molecule has 0 radical (unpaired) electrons. The van der Waals surface area contributed by atoms with Crippen LogP contribution in [0, 0.1) is 0 Å². The number of nitrogens with two attached hydrogens (primary N) is 1. The molecule has 2 amide bonds. The Morgan fingerprint density at radius 3 is 2.33 bits per heavy atom. The molecule has 2 aromatic carbocycles. The Labute approximate surface area is 128 Å². The van der Waals surface area contributed by atoms with E-state index in [1.54, 1.807) is 42.5 Å². The van der Waals surface area contributed by atoms with Crippen molar-refractivity contribution in [2.75, 3.05) is 10.6 Å². The van der Waals surface area contributed by atoms with E-state index in [9.17, 15) is 9.00 Å². The standard InChI is InChI=1S/C13H12ClN3O3S/c14-9-3-1-4-10(7-9)16-13(18)17-11-5-2-6-12(8-11)21(19)20-15/h1-8H,15H2,(H2,16,17,18). The van der Waals surface area contributed by atoms with Gasteiger partial charge in [-0.25, -0.2) is 9.00 Å². The van der Waals surface area contributed by atoms with E-state index in [-0.39, 0.29) is 0 Å². The number of carbonyl (C=O) groups is 1. The lowest BCUT2D eigenvalue weighted by molar-refractivity contribution is 0.262. The predicted molar refractivity (Wildman–Crippen MR) is 82.2 cm³/mol. The molecule has 0 heterocycles. The number of carbonyl (C=O) groups excluding carboxylic acids is 1. The van der Waals surface area contributed by atoms with Crippen molar-refractivity contribution < 1.29 is 13.3 Å². The fraction of sp³-hybridized carbons (Fsp3) is 0. The van der Waals surface area contributed by atoms with Crippen LogP contribution in [0.15, 0.2) is 53.4 Å². The summed E-state index contributed by atoms with van der Waals surface area (Å²) in [5, 5.41) is 5.75. The van der Waals surface area contributed by atoms with Crippen LogP contribution in [0.1, 0.15) is 0 Å². The second kappa shape index (κ2) is 7.19.